The summed E-state index contributed by atoms with van der Waals surface area (Å²) in [6.45, 7) is 8.22. The van der Waals surface area contributed by atoms with Gasteiger partial charge in [0.15, 0.2) is 0 Å². The second-order valence-electron chi connectivity index (χ2n) is 6.01. The summed E-state index contributed by atoms with van der Waals surface area (Å²) in [4.78, 5) is 2.57. The Bertz CT molecular complexity index is 372. The smallest absolute Gasteiger partial charge is 0.0342 e. The van der Waals surface area contributed by atoms with E-state index in [-0.39, 0.29) is 0 Å². The van der Waals surface area contributed by atoms with Crippen molar-refractivity contribution in [1.82, 2.24) is 4.90 Å². The fourth-order valence-corrected chi connectivity index (χ4v) is 3.00. The molecular formula is C18H30N2. The number of benzene rings is 1. The summed E-state index contributed by atoms with van der Waals surface area (Å²) in [5.74, 6) is 0. The number of hydrogen-bond donors (Lipinski definition) is 1. The van der Waals surface area contributed by atoms with Crippen molar-refractivity contribution in [1.29, 1.82) is 0 Å². The van der Waals surface area contributed by atoms with E-state index in [0.717, 1.165) is 0 Å². The number of nitrogens with zero attached hydrogens (tertiary/aromatic N) is 1. The van der Waals surface area contributed by atoms with Gasteiger partial charge in [-0.1, -0.05) is 32.4 Å². The maximum atomic E-state index is 3.72. The Morgan fingerprint density at radius 3 is 2.60 bits per heavy atom. The molecule has 1 N–H and O–H groups in total. The van der Waals surface area contributed by atoms with Crippen molar-refractivity contribution in [3.05, 3.63) is 29.8 Å². The van der Waals surface area contributed by atoms with Crippen molar-refractivity contribution in [3.63, 3.8) is 0 Å². The molecule has 112 valence electrons. The van der Waals surface area contributed by atoms with E-state index in [1.54, 1.807) is 0 Å². The molecule has 1 unspecified atom stereocenters. The van der Waals surface area contributed by atoms with Crippen LogP contribution in [0.4, 0.5) is 5.69 Å². The third-order valence-corrected chi connectivity index (χ3v) is 4.41. The number of unbranched alkanes of at least 4 members (excludes halogenated alkanes) is 1. The van der Waals surface area contributed by atoms with Crippen LogP contribution in [0.3, 0.4) is 0 Å². The highest BCUT2D eigenvalue weighted by Gasteiger charge is 2.15. The van der Waals surface area contributed by atoms with Crippen LogP contribution in [0.5, 0.6) is 0 Å². The van der Waals surface area contributed by atoms with Gasteiger partial charge in [0, 0.05) is 18.3 Å². The molecule has 2 nitrogen and oxygen atoms in total. The quantitative estimate of drug-likeness (QED) is 0.831. The SMILES string of the molecule is CCCCc1ccc(NC2CCCN(CC)CC2)cc1. The monoisotopic (exact) mass is 274 g/mol. The molecule has 0 aliphatic carbocycles. The molecule has 0 aromatic heterocycles. The lowest BCUT2D eigenvalue weighted by Crippen LogP contribution is -2.26. The number of nitrogens with one attached hydrogen (secondary N) is 1. The van der Waals surface area contributed by atoms with Crippen molar-refractivity contribution >= 4 is 5.69 Å². The largest absolute Gasteiger partial charge is 0.382 e. The van der Waals surface area contributed by atoms with Crippen LogP contribution < -0.4 is 5.32 Å². The van der Waals surface area contributed by atoms with Crippen LogP contribution in [-0.4, -0.2) is 30.6 Å². The van der Waals surface area contributed by atoms with Gasteiger partial charge in [0.25, 0.3) is 0 Å². The van der Waals surface area contributed by atoms with Crippen molar-refractivity contribution in [2.75, 3.05) is 25.0 Å². The lowest BCUT2D eigenvalue weighted by atomic mass is 10.1. The van der Waals surface area contributed by atoms with Gasteiger partial charge < -0.3 is 10.2 Å². The molecule has 1 aliphatic rings. The first-order valence-corrected chi connectivity index (χ1v) is 8.39. The van der Waals surface area contributed by atoms with Crippen LogP contribution in [0.1, 0.15) is 51.5 Å². The van der Waals surface area contributed by atoms with Crippen molar-refractivity contribution in [2.24, 2.45) is 0 Å². The summed E-state index contributed by atoms with van der Waals surface area (Å²) in [5, 5.41) is 3.72. The molecule has 1 aliphatic heterocycles. The molecule has 1 saturated heterocycles. The van der Waals surface area contributed by atoms with E-state index in [4.69, 9.17) is 0 Å². The summed E-state index contributed by atoms with van der Waals surface area (Å²) < 4.78 is 0. The molecule has 0 saturated carbocycles. The van der Waals surface area contributed by atoms with Gasteiger partial charge in [0.05, 0.1) is 0 Å². The number of likely N-dealkylation sites (tertiary alicyclic amines) is 1. The molecule has 1 atom stereocenters. The molecule has 0 spiro atoms. The van der Waals surface area contributed by atoms with Crippen LogP contribution in [0.2, 0.25) is 0 Å². The number of anilines is 1. The maximum Gasteiger partial charge on any atom is 0.0342 e. The Balaban J connectivity index is 1.83. The highest BCUT2D eigenvalue weighted by Crippen LogP contribution is 2.18. The van der Waals surface area contributed by atoms with Gasteiger partial charge in [0.1, 0.15) is 0 Å². The van der Waals surface area contributed by atoms with Gasteiger partial charge in [-0.05, 0) is 62.9 Å². The van der Waals surface area contributed by atoms with Crippen LogP contribution in [0.15, 0.2) is 24.3 Å². The summed E-state index contributed by atoms with van der Waals surface area (Å²) >= 11 is 0. The zero-order valence-corrected chi connectivity index (χ0v) is 13.2. The van der Waals surface area contributed by atoms with Crippen molar-refractivity contribution in [2.45, 2.75) is 58.4 Å². The lowest BCUT2D eigenvalue weighted by Gasteiger charge is -2.19. The first-order chi connectivity index (χ1) is 9.81. The second-order valence-corrected chi connectivity index (χ2v) is 6.01. The van der Waals surface area contributed by atoms with Crippen LogP contribution in [0, 0.1) is 0 Å². The van der Waals surface area contributed by atoms with Crippen LogP contribution in [-0.2, 0) is 6.42 Å². The zero-order chi connectivity index (χ0) is 14.2. The van der Waals surface area contributed by atoms with Gasteiger partial charge >= 0.3 is 0 Å². The van der Waals surface area contributed by atoms with E-state index >= 15 is 0 Å². The normalized spacial score (nSPS) is 20.6. The Morgan fingerprint density at radius 1 is 1.10 bits per heavy atom. The minimum absolute atomic E-state index is 0.646. The standard InChI is InChI=1S/C18H30N2/c1-3-5-7-16-9-11-18(12-10-16)19-17-8-6-14-20(4-2)15-13-17/h9-12,17,19H,3-8,13-15H2,1-2H3. The maximum absolute atomic E-state index is 3.72. The van der Waals surface area contributed by atoms with E-state index in [2.05, 4.69) is 48.3 Å². The minimum atomic E-state index is 0.646. The van der Waals surface area contributed by atoms with E-state index in [9.17, 15) is 0 Å². The summed E-state index contributed by atoms with van der Waals surface area (Å²) in [7, 11) is 0. The number of rotatable bonds is 6. The fraction of sp³-hybridized carbons (Fsp3) is 0.667. The Kier molecular flexibility index (Phi) is 6.38. The third kappa shape index (κ3) is 4.82. The first kappa shape index (κ1) is 15.4. The van der Waals surface area contributed by atoms with Gasteiger partial charge in [-0.3, -0.25) is 0 Å². The van der Waals surface area contributed by atoms with Gasteiger partial charge in [-0.2, -0.15) is 0 Å². The van der Waals surface area contributed by atoms with E-state index in [1.807, 2.05) is 0 Å². The minimum Gasteiger partial charge on any atom is -0.382 e. The van der Waals surface area contributed by atoms with E-state index in [1.165, 1.54) is 69.4 Å². The second kappa shape index (κ2) is 8.31. The number of hydrogen-bond acceptors (Lipinski definition) is 2. The molecule has 20 heavy (non-hydrogen) atoms. The Labute approximate surface area is 124 Å². The summed E-state index contributed by atoms with van der Waals surface area (Å²) in [6.07, 6.45) is 7.67. The highest BCUT2D eigenvalue weighted by atomic mass is 15.1. The zero-order valence-electron chi connectivity index (χ0n) is 13.2. The van der Waals surface area contributed by atoms with Gasteiger partial charge in [0.2, 0.25) is 0 Å². The third-order valence-electron chi connectivity index (χ3n) is 4.41. The molecule has 1 aromatic rings. The molecule has 2 heteroatoms. The average molecular weight is 274 g/mol. The molecular weight excluding hydrogens is 244 g/mol. The molecule has 1 aromatic carbocycles. The van der Waals surface area contributed by atoms with E-state index < -0.39 is 0 Å². The van der Waals surface area contributed by atoms with Crippen LogP contribution in [0.25, 0.3) is 0 Å². The highest BCUT2D eigenvalue weighted by molar-refractivity contribution is 5.45. The number of aryl methyl sites for hydroxylation is 1. The molecule has 1 heterocycles. The predicted molar refractivity (Wildman–Crippen MR) is 88.4 cm³/mol. The summed E-state index contributed by atoms with van der Waals surface area (Å²) in [5.41, 5.74) is 2.76. The van der Waals surface area contributed by atoms with E-state index in [0.29, 0.717) is 6.04 Å². The predicted octanol–water partition coefficient (Wildman–Crippen LogP) is 4.32. The molecule has 0 amide bonds. The Hall–Kier alpha value is -1.02. The fourth-order valence-electron chi connectivity index (χ4n) is 3.00. The van der Waals surface area contributed by atoms with Gasteiger partial charge in [-0.15, -0.1) is 0 Å². The summed E-state index contributed by atoms with van der Waals surface area (Å²) in [6, 6.07) is 9.73. The average Bonchev–Trinajstić information content (AvgIpc) is 2.72. The van der Waals surface area contributed by atoms with Crippen molar-refractivity contribution in [3.8, 4) is 0 Å². The van der Waals surface area contributed by atoms with Crippen molar-refractivity contribution < 1.29 is 0 Å². The Morgan fingerprint density at radius 2 is 1.90 bits per heavy atom. The molecule has 2 rings (SSSR count). The molecule has 0 bridgehead atoms. The molecule has 1 fully saturated rings. The molecule has 0 radical (unpaired) electrons. The van der Waals surface area contributed by atoms with Crippen LogP contribution >= 0.6 is 0 Å². The first-order valence-electron chi connectivity index (χ1n) is 8.39. The topological polar surface area (TPSA) is 15.3 Å². The lowest BCUT2D eigenvalue weighted by molar-refractivity contribution is 0.300. The van der Waals surface area contributed by atoms with Gasteiger partial charge in [-0.25, -0.2) is 0 Å².